The van der Waals surface area contributed by atoms with Gasteiger partial charge in [0.15, 0.2) is 0 Å². The monoisotopic (exact) mass is 477 g/mol. The van der Waals surface area contributed by atoms with Gasteiger partial charge in [-0.15, -0.1) is 10.2 Å². The molecule has 34 heavy (non-hydrogen) atoms. The van der Waals surface area contributed by atoms with E-state index in [4.69, 9.17) is 9.15 Å². The van der Waals surface area contributed by atoms with E-state index < -0.39 is 11.9 Å². The van der Waals surface area contributed by atoms with Crippen molar-refractivity contribution in [1.29, 1.82) is 5.26 Å². The highest BCUT2D eigenvalue weighted by Gasteiger charge is 2.18. The molecule has 1 N–H and O–H groups in total. The predicted molar refractivity (Wildman–Crippen MR) is 128 cm³/mol. The summed E-state index contributed by atoms with van der Waals surface area (Å²) in [7, 11) is 0. The second kappa shape index (κ2) is 10.8. The van der Waals surface area contributed by atoms with Gasteiger partial charge in [-0.2, -0.15) is 5.26 Å². The molecule has 0 atom stereocenters. The Hall–Kier alpha value is -3.97. The van der Waals surface area contributed by atoms with Crippen molar-refractivity contribution in [2.45, 2.75) is 26.2 Å². The van der Waals surface area contributed by atoms with Gasteiger partial charge in [-0.1, -0.05) is 23.5 Å². The third-order valence-corrected chi connectivity index (χ3v) is 6.10. The highest BCUT2D eigenvalue weighted by Crippen LogP contribution is 2.28. The molecule has 0 saturated carbocycles. The molecule has 2 aromatic heterocycles. The molecule has 1 aliphatic rings. The first-order valence-electron chi connectivity index (χ1n) is 11.0. The summed E-state index contributed by atoms with van der Waals surface area (Å²) < 4.78 is 10.8. The van der Waals surface area contributed by atoms with Crippen LogP contribution < -0.4 is 10.2 Å². The van der Waals surface area contributed by atoms with E-state index in [1.807, 2.05) is 6.07 Å². The quantitative estimate of drug-likeness (QED) is 0.300. The van der Waals surface area contributed by atoms with Gasteiger partial charge in [-0.05, 0) is 50.5 Å². The van der Waals surface area contributed by atoms with Crippen molar-refractivity contribution < 1.29 is 18.7 Å². The lowest BCUT2D eigenvalue weighted by molar-refractivity contribution is -0.112. The number of nitrogens with one attached hydrogen (secondary N) is 1. The summed E-state index contributed by atoms with van der Waals surface area (Å²) in [5.41, 5.74) is 0.953. The fourth-order valence-electron chi connectivity index (χ4n) is 3.53. The first-order chi connectivity index (χ1) is 16.6. The number of amides is 1. The number of ether oxygens (including phenoxy) is 1. The molecule has 3 aromatic rings. The SMILES string of the molecule is CCOC(=O)c1cccc(-c2ccc(/C=C(/C#N)C(=O)Nc3nnc(N4CCCCC4)s3)o2)c1. The topological polar surface area (TPSA) is 121 Å². The molecule has 1 saturated heterocycles. The Morgan fingerprint density at radius 3 is 2.82 bits per heavy atom. The molecule has 9 nitrogen and oxygen atoms in total. The Balaban J connectivity index is 1.46. The summed E-state index contributed by atoms with van der Waals surface area (Å²) in [4.78, 5) is 26.8. The van der Waals surface area contributed by atoms with E-state index in [-0.39, 0.29) is 12.2 Å². The van der Waals surface area contributed by atoms with Gasteiger partial charge in [0.25, 0.3) is 5.91 Å². The maximum Gasteiger partial charge on any atom is 0.338 e. The molecule has 0 radical (unpaired) electrons. The van der Waals surface area contributed by atoms with Gasteiger partial charge in [0.1, 0.15) is 23.2 Å². The van der Waals surface area contributed by atoms with Crippen LogP contribution in [-0.2, 0) is 9.53 Å². The van der Waals surface area contributed by atoms with Crippen LogP contribution in [0.3, 0.4) is 0 Å². The Bertz CT molecular complexity index is 1250. The third kappa shape index (κ3) is 5.50. The highest BCUT2D eigenvalue weighted by molar-refractivity contribution is 7.19. The van der Waals surface area contributed by atoms with Gasteiger partial charge >= 0.3 is 5.97 Å². The number of aromatic nitrogens is 2. The Labute approximate surface area is 200 Å². The van der Waals surface area contributed by atoms with Crippen molar-refractivity contribution in [3.05, 3.63) is 53.3 Å². The van der Waals surface area contributed by atoms with Crippen LogP contribution in [0.1, 0.15) is 42.3 Å². The minimum absolute atomic E-state index is 0.129. The molecule has 0 unspecified atom stereocenters. The molecule has 174 valence electrons. The van der Waals surface area contributed by atoms with Gasteiger partial charge in [0.2, 0.25) is 10.3 Å². The van der Waals surface area contributed by atoms with E-state index in [2.05, 4.69) is 20.4 Å². The van der Waals surface area contributed by atoms with Crippen LogP contribution in [0, 0.1) is 11.3 Å². The van der Waals surface area contributed by atoms with Gasteiger partial charge in [0.05, 0.1) is 12.2 Å². The molecule has 0 bridgehead atoms. The van der Waals surface area contributed by atoms with Crippen molar-refractivity contribution in [2.24, 2.45) is 0 Å². The minimum Gasteiger partial charge on any atom is -0.462 e. The van der Waals surface area contributed by atoms with Crippen LogP contribution >= 0.6 is 11.3 Å². The van der Waals surface area contributed by atoms with Crippen molar-refractivity contribution >= 4 is 39.6 Å². The van der Waals surface area contributed by atoms with E-state index in [1.54, 1.807) is 43.3 Å². The van der Waals surface area contributed by atoms with E-state index in [9.17, 15) is 14.9 Å². The number of piperidine rings is 1. The predicted octanol–water partition coefficient (Wildman–Crippen LogP) is 4.51. The zero-order valence-electron chi connectivity index (χ0n) is 18.6. The smallest absolute Gasteiger partial charge is 0.338 e. The largest absolute Gasteiger partial charge is 0.462 e. The van der Waals surface area contributed by atoms with Crippen LogP contribution in [-0.4, -0.2) is 41.8 Å². The molecule has 10 heteroatoms. The average molecular weight is 478 g/mol. The number of rotatable bonds is 7. The molecule has 4 rings (SSSR count). The fraction of sp³-hybridized carbons (Fsp3) is 0.292. The van der Waals surface area contributed by atoms with Gasteiger partial charge in [-0.25, -0.2) is 4.79 Å². The average Bonchev–Trinajstić information content (AvgIpc) is 3.53. The number of nitrogens with zero attached hydrogens (tertiary/aromatic N) is 4. The number of furan rings is 1. The normalized spacial score (nSPS) is 13.9. The molecule has 0 aliphatic carbocycles. The van der Waals surface area contributed by atoms with Crippen LogP contribution in [0.25, 0.3) is 17.4 Å². The van der Waals surface area contributed by atoms with E-state index >= 15 is 0 Å². The van der Waals surface area contributed by atoms with Crippen LogP contribution in [0.5, 0.6) is 0 Å². The lowest BCUT2D eigenvalue weighted by atomic mass is 10.1. The summed E-state index contributed by atoms with van der Waals surface area (Å²) in [6.45, 7) is 3.88. The van der Waals surface area contributed by atoms with Crippen LogP contribution in [0.15, 0.2) is 46.4 Å². The number of benzene rings is 1. The number of anilines is 2. The van der Waals surface area contributed by atoms with E-state index in [0.717, 1.165) is 31.1 Å². The fourth-order valence-corrected chi connectivity index (χ4v) is 4.33. The highest BCUT2D eigenvalue weighted by atomic mass is 32.1. The standard InChI is InChI=1S/C24H23N5O4S/c1-2-32-22(31)17-8-6-7-16(13-17)20-10-9-19(33-20)14-18(15-25)21(30)26-23-27-28-24(34-23)29-11-4-3-5-12-29/h6-10,13-14H,2-5,11-12H2,1H3,(H,26,27,30)/b18-14-. The van der Waals surface area contributed by atoms with Crippen molar-refractivity contribution in [1.82, 2.24) is 10.2 Å². The minimum atomic E-state index is -0.592. The summed E-state index contributed by atoms with van der Waals surface area (Å²) in [6.07, 6.45) is 4.79. The Morgan fingerprint density at radius 2 is 2.06 bits per heavy atom. The number of carbonyl (C=O) groups excluding carboxylic acids is 2. The molecule has 1 aromatic carbocycles. The third-order valence-electron chi connectivity index (χ3n) is 5.20. The van der Waals surface area contributed by atoms with Gasteiger partial charge in [-0.3, -0.25) is 10.1 Å². The number of esters is 1. The maximum absolute atomic E-state index is 12.6. The zero-order valence-corrected chi connectivity index (χ0v) is 19.4. The Kier molecular flexibility index (Phi) is 7.34. The first-order valence-corrected chi connectivity index (χ1v) is 11.8. The van der Waals surface area contributed by atoms with Crippen LogP contribution in [0.2, 0.25) is 0 Å². The number of carbonyl (C=O) groups is 2. The molecule has 3 heterocycles. The van der Waals surface area contributed by atoms with Gasteiger partial charge < -0.3 is 14.1 Å². The maximum atomic E-state index is 12.6. The van der Waals surface area contributed by atoms with Crippen LogP contribution in [0.4, 0.5) is 10.3 Å². The number of hydrogen-bond donors (Lipinski definition) is 1. The molecule has 1 fully saturated rings. The van der Waals surface area contributed by atoms with E-state index in [0.29, 0.717) is 27.8 Å². The summed E-state index contributed by atoms with van der Waals surface area (Å²) >= 11 is 1.28. The lowest BCUT2D eigenvalue weighted by Gasteiger charge is -2.25. The van der Waals surface area contributed by atoms with Crippen molar-refractivity contribution in [2.75, 3.05) is 29.9 Å². The summed E-state index contributed by atoms with van der Waals surface area (Å²) in [5.74, 6) is -0.189. The molecular weight excluding hydrogens is 454 g/mol. The number of hydrogen-bond acceptors (Lipinski definition) is 9. The molecule has 0 spiro atoms. The summed E-state index contributed by atoms with van der Waals surface area (Å²) in [6, 6.07) is 12.1. The van der Waals surface area contributed by atoms with Crippen molar-refractivity contribution in [3.63, 3.8) is 0 Å². The molecule has 1 aliphatic heterocycles. The Morgan fingerprint density at radius 1 is 1.24 bits per heavy atom. The molecular formula is C24H23N5O4S. The van der Waals surface area contributed by atoms with Crippen molar-refractivity contribution in [3.8, 4) is 17.4 Å². The molecule has 1 amide bonds. The first kappa shape index (κ1) is 23.2. The second-order valence-electron chi connectivity index (χ2n) is 7.56. The number of nitriles is 1. The second-order valence-corrected chi connectivity index (χ2v) is 8.52. The van der Waals surface area contributed by atoms with E-state index in [1.165, 1.54) is 23.8 Å². The summed E-state index contributed by atoms with van der Waals surface area (Å²) in [5, 5.41) is 21.4. The lowest BCUT2D eigenvalue weighted by Crippen LogP contribution is -2.29. The zero-order chi connectivity index (χ0) is 23.9. The van der Waals surface area contributed by atoms with Gasteiger partial charge in [0, 0.05) is 24.7 Å².